The molecule has 1 fully saturated rings. The largest absolute Gasteiger partial charge is 0.475 e. The van der Waals surface area contributed by atoms with Crippen LogP contribution in [0.25, 0.3) is 0 Å². The van der Waals surface area contributed by atoms with Gasteiger partial charge >= 0.3 is 0 Å². The van der Waals surface area contributed by atoms with Crippen LogP contribution in [0.5, 0.6) is 5.75 Å². The number of rotatable bonds is 6. The van der Waals surface area contributed by atoms with Gasteiger partial charge in [0, 0.05) is 18.8 Å². The minimum absolute atomic E-state index is 0.255. The first-order valence-electron chi connectivity index (χ1n) is 7.06. The molecule has 1 aliphatic rings. The Morgan fingerprint density at radius 1 is 1.28 bits per heavy atom. The summed E-state index contributed by atoms with van der Waals surface area (Å²) < 4.78 is 6.04. The third kappa shape index (κ3) is 3.64. The van der Waals surface area contributed by atoms with E-state index in [0.29, 0.717) is 0 Å². The highest BCUT2D eigenvalue weighted by atomic mass is 16.5. The Labute approximate surface area is 110 Å². The average Bonchev–Trinajstić information content (AvgIpc) is 2.80. The number of nitrogens with two attached hydrogens (primary N) is 1. The summed E-state index contributed by atoms with van der Waals surface area (Å²) in [4.78, 5) is 2.46. The van der Waals surface area contributed by atoms with Crippen LogP contribution >= 0.6 is 0 Å². The van der Waals surface area contributed by atoms with Gasteiger partial charge in [-0.05, 0) is 43.5 Å². The van der Waals surface area contributed by atoms with Gasteiger partial charge in [0.25, 0.3) is 0 Å². The quantitative estimate of drug-likeness (QED) is 0.620. The summed E-state index contributed by atoms with van der Waals surface area (Å²) in [5.74, 6) is 0.927. The van der Waals surface area contributed by atoms with Crippen LogP contribution in [0.15, 0.2) is 24.3 Å². The SMILES string of the molecule is CCCCCN1CCCC1Oc1ccc(N)cc1. The Morgan fingerprint density at radius 2 is 2.06 bits per heavy atom. The van der Waals surface area contributed by atoms with Crippen molar-refractivity contribution in [3.05, 3.63) is 24.3 Å². The number of anilines is 1. The predicted molar refractivity (Wildman–Crippen MR) is 75.6 cm³/mol. The highest BCUT2D eigenvalue weighted by molar-refractivity contribution is 5.41. The maximum Gasteiger partial charge on any atom is 0.152 e. The lowest BCUT2D eigenvalue weighted by Gasteiger charge is -2.25. The summed E-state index contributed by atoms with van der Waals surface area (Å²) in [5.41, 5.74) is 6.46. The van der Waals surface area contributed by atoms with Crippen LogP contribution in [-0.4, -0.2) is 24.2 Å². The molecule has 3 heteroatoms. The highest BCUT2D eigenvalue weighted by Gasteiger charge is 2.25. The van der Waals surface area contributed by atoms with Gasteiger partial charge in [0.15, 0.2) is 6.23 Å². The topological polar surface area (TPSA) is 38.5 Å². The molecular formula is C15H24N2O. The van der Waals surface area contributed by atoms with E-state index in [-0.39, 0.29) is 6.23 Å². The molecule has 1 atom stereocenters. The lowest BCUT2D eigenvalue weighted by atomic mass is 10.2. The summed E-state index contributed by atoms with van der Waals surface area (Å²) in [7, 11) is 0. The van der Waals surface area contributed by atoms with E-state index in [9.17, 15) is 0 Å². The van der Waals surface area contributed by atoms with Crippen LogP contribution in [0, 0.1) is 0 Å². The average molecular weight is 248 g/mol. The minimum atomic E-state index is 0.255. The van der Waals surface area contributed by atoms with Crippen LogP contribution in [0.4, 0.5) is 5.69 Å². The summed E-state index contributed by atoms with van der Waals surface area (Å²) >= 11 is 0. The molecule has 0 bridgehead atoms. The first-order chi connectivity index (χ1) is 8.79. The molecule has 1 aromatic rings. The Balaban J connectivity index is 1.85. The molecule has 1 heterocycles. The molecular weight excluding hydrogens is 224 g/mol. The van der Waals surface area contributed by atoms with Crippen molar-refractivity contribution >= 4 is 5.69 Å². The summed E-state index contributed by atoms with van der Waals surface area (Å²) in [6, 6.07) is 7.70. The Bertz CT molecular complexity index is 350. The zero-order valence-electron chi connectivity index (χ0n) is 11.3. The zero-order valence-corrected chi connectivity index (χ0v) is 11.3. The first-order valence-corrected chi connectivity index (χ1v) is 7.06. The van der Waals surface area contributed by atoms with Crippen molar-refractivity contribution in [1.29, 1.82) is 0 Å². The second kappa shape index (κ2) is 6.64. The smallest absolute Gasteiger partial charge is 0.152 e. The number of ether oxygens (including phenoxy) is 1. The molecule has 0 spiro atoms. The Kier molecular flexibility index (Phi) is 4.88. The van der Waals surface area contributed by atoms with E-state index in [1.165, 1.54) is 32.2 Å². The van der Waals surface area contributed by atoms with Gasteiger partial charge in [-0.1, -0.05) is 19.8 Å². The number of benzene rings is 1. The van der Waals surface area contributed by atoms with Crippen molar-refractivity contribution in [3.8, 4) is 5.75 Å². The van der Waals surface area contributed by atoms with Crippen LogP contribution in [0.3, 0.4) is 0 Å². The van der Waals surface area contributed by atoms with E-state index < -0.39 is 0 Å². The van der Waals surface area contributed by atoms with Crippen molar-refractivity contribution in [3.63, 3.8) is 0 Å². The van der Waals surface area contributed by atoms with Crippen LogP contribution in [0.2, 0.25) is 0 Å². The maximum absolute atomic E-state index is 6.04. The third-order valence-electron chi connectivity index (χ3n) is 3.50. The lowest BCUT2D eigenvalue weighted by Crippen LogP contribution is -2.34. The molecule has 0 aromatic heterocycles. The fourth-order valence-electron chi connectivity index (χ4n) is 2.45. The van der Waals surface area contributed by atoms with Crippen LogP contribution < -0.4 is 10.5 Å². The predicted octanol–water partition coefficient (Wildman–Crippen LogP) is 3.26. The molecule has 1 unspecified atom stereocenters. The number of likely N-dealkylation sites (tertiary alicyclic amines) is 1. The Hall–Kier alpha value is -1.22. The fraction of sp³-hybridized carbons (Fsp3) is 0.600. The van der Waals surface area contributed by atoms with E-state index >= 15 is 0 Å². The number of nitrogens with zero attached hydrogens (tertiary/aromatic N) is 1. The molecule has 1 aliphatic heterocycles. The third-order valence-corrected chi connectivity index (χ3v) is 3.50. The van der Waals surface area contributed by atoms with E-state index in [1.807, 2.05) is 24.3 Å². The van der Waals surface area contributed by atoms with Gasteiger partial charge in [-0.2, -0.15) is 0 Å². The molecule has 0 saturated carbocycles. The molecule has 2 N–H and O–H groups in total. The van der Waals surface area contributed by atoms with Gasteiger partial charge in [-0.25, -0.2) is 0 Å². The molecule has 2 rings (SSSR count). The summed E-state index contributed by atoms with van der Waals surface area (Å²) in [5, 5.41) is 0. The monoisotopic (exact) mass is 248 g/mol. The fourth-order valence-corrected chi connectivity index (χ4v) is 2.45. The Morgan fingerprint density at radius 3 is 2.78 bits per heavy atom. The van der Waals surface area contributed by atoms with Crippen LogP contribution in [-0.2, 0) is 0 Å². The van der Waals surface area contributed by atoms with Gasteiger partial charge in [-0.3, -0.25) is 4.90 Å². The van der Waals surface area contributed by atoms with Gasteiger partial charge in [0.1, 0.15) is 5.75 Å². The number of unbranched alkanes of at least 4 members (excludes halogenated alkanes) is 2. The molecule has 1 saturated heterocycles. The number of hydrogen-bond donors (Lipinski definition) is 1. The van der Waals surface area contributed by atoms with Crippen molar-refractivity contribution in [2.24, 2.45) is 0 Å². The van der Waals surface area contributed by atoms with Gasteiger partial charge in [0.05, 0.1) is 0 Å². The minimum Gasteiger partial charge on any atom is -0.475 e. The van der Waals surface area contributed by atoms with Gasteiger partial charge in [0.2, 0.25) is 0 Å². The molecule has 18 heavy (non-hydrogen) atoms. The molecule has 0 aliphatic carbocycles. The van der Waals surface area contributed by atoms with E-state index in [0.717, 1.165) is 24.4 Å². The molecule has 100 valence electrons. The van der Waals surface area contributed by atoms with Gasteiger partial charge in [-0.15, -0.1) is 0 Å². The van der Waals surface area contributed by atoms with Crippen molar-refractivity contribution < 1.29 is 4.74 Å². The normalized spacial score (nSPS) is 20.2. The van der Waals surface area contributed by atoms with Crippen molar-refractivity contribution in [2.45, 2.75) is 45.3 Å². The second-order valence-corrected chi connectivity index (χ2v) is 5.03. The summed E-state index contributed by atoms with van der Waals surface area (Å²) in [6.45, 7) is 4.57. The molecule has 0 amide bonds. The van der Waals surface area contributed by atoms with E-state index in [1.54, 1.807) is 0 Å². The standard InChI is InChI=1S/C15H24N2O/c1-2-3-4-11-17-12-5-6-15(17)18-14-9-7-13(16)8-10-14/h7-10,15H,2-6,11-12,16H2,1H3. The van der Waals surface area contributed by atoms with Crippen LogP contribution in [0.1, 0.15) is 39.0 Å². The molecule has 3 nitrogen and oxygen atoms in total. The maximum atomic E-state index is 6.04. The number of hydrogen-bond acceptors (Lipinski definition) is 3. The van der Waals surface area contributed by atoms with Gasteiger partial charge < -0.3 is 10.5 Å². The van der Waals surface area contributed by atoms with Crippen molar-refractivity contribution in [1.82, 2.24) is 4.90 Å². The lowest BCUT2D eigenvalue weighted by molar-refractivity contribution is 0.0595. The zero-order chi connectivity index (χ0) is 12.8. The molecule has 1 aromatic carbocycles. The molecule has 0 radical (unpaired) electrons. The van der Waals surface area contributed by atoms with E-state index in [2.05, 4.69) is 11.8 Å². The first kappa shape index (κ1) is 13.2. The van der Waals surface area contributed by atoms with Crippen molar-refractivity contribution in [2.75, 3.05) is 18.8 Å². The second-order valence-electron chi connectivity index (χ2n) is 5.03. The number of nitrogen functional groups attached to an aromatic ring is 1. The highest BCUT2D eigenvalue weighted by Crippen LogP contribution is 2.23. The summed E-state index contributed by atoms with van der Waals surface area (Å²) in [6.07, 6.45) is 6.49. The van der Waals surface area contributed by atoms with E-state index in [4.69, 9.17) is 10.5 Å².